The number of nitrogens with one attached hydrogen (secondary N) is 1. The number of amides is 2. The van der Waals surface area contributed by atoms with Gasteiger partial charge in [0.1, 0.15) is 0 Å². The van der Waals surface area contributed by atoms with Crippen LogP contribution >= 0.6 is 0 Å². The van der Waals surface area contributed by atoms with Crippen molar-refractivity contribution in [2.75, 3.05) is 24.6 Å². The summed E-state index contributed by atoms with van der Waals surface area (Å²) in [6, 6.07) is -0.597. The van der Waals surface area contributed by atoms with Gasteiger partial charge in [0.05, 0.1) is 17.9 Å². The molecule has 0 aliphatic carbocycles. The minimum atomic E-state index is -2.99. The molecule has 0 aromatic rings. The van der Waals surface area contributed by atoms with E-state index in [2.05, 4.69) is 5.32 Å². The van der Waals surface area contributed by atoms with E-state index in [4.69, 9.17) is 5.11 Å². The number of sulfone groups is 1. The number of aliphatic carboxylic acids is 1. The van der Waals surface area contributed by atoms with Crippen molar-refractivity contribution in [3.63, 3.8) is 0 Å². The van der Waals surface area contributed by atoms with Crippen LogP contribution in [0, 0.1) is 5.92 Å². The topological polar surface area (TPSA) is 104 Å². The zero-order valence-electron chi connectivity index (χ0n) is 9.83. The number of urea groups is 1. The third-order valence-corrected chi connectivity index (χ3v) is 5.04. The van der Waals surface area contributed by atoms with Crippen LogP contribution < -0.4 is 5.32 Å². The fraction of sp³-hybridized carbons (Fsp3) is 0.800. The Balaban J connectivity index is 1.73. The molecule has 2 heterocycles. The van der Waals surface area contributed by atoms with Gasteiger partial charge in [0.25, 0.3) is 0 Å². The van der Waals surface area contributed by atoms with Crippen LogP contribution in [0.3, 0.4) is 0 Å². The normalized spacial score (nSPS) is 26.7. The van der Waals surface area contributed by atoms with Crippen molar-refractivity contribution in [2.45, 2.75) is 18.9 Å². The van der Waals surface area contributed by atoms with Crippen LogP contribution in [-0.2, 0) is 14.6 Å². The third kappa shape index (κ3) is 3.12. The second kappa shape index (κ2) is 4.75. The van der Waals surface area contributed by atoms with Crippen LogP contribution in [0.25, 0.3) is 0 Å². The monoisotopic (exact) mass is 276 g/mol. The average molecular weight is 276 g/mol. The van der Waals surface area contributed by atoms with Gasteiger partial charge in [-0.2, -0.15) is 0 Å². The second-order valence-corrected chi connectivity index (χ2v) is 7.15. The van der Waals surface area contributed by atoms with Crippen molar-refractivity contribution in [3.8, 4) is 0 Å². The maximum Gasteiger partial charge on any atom is 0.317 e. The van der Waals surface area contributed by atoms with Crippen molar-refractivity contribution in [2.24, 2.45) is 5.92 Å². The summed E-state index contributed by atoms with van der Waals surface area (Å²) in [5, 5.41) is 11.2. The molecule has 0 bridgehead atoms. The van der Waals surface area contributed by atoms with Gasteiger partial charge in [-0.15, -0.1) is 0 Å². The zero-order chi connectivity index (χ0) is 13.3. The summed E-state index contributed by atoms with van der Waals surface area (Å²) in [6.45, 7) is 0.856. The molecule has 2 aliphatic heterocycles. The van der Waals surface area contributed by atoms with E-state index in [0.717, 1.165) is 0 Å². The van der Waals surface area contributed by atoms with Crippen LogP contribution in [0.5, 0.6) is 0 Å². The summed E-state index contributed by atoms with van der Waals surface area (Å²) < 4.78 is 22.4. The Morgan fingerprint density at radius 2 is 2.00 bits per heavy atom. The molecule has 0 radical (unpaired) electrons. The lowest BCUT2D eigenvalue weighted by atomic mass is 9.97. The van der Waals surface area contributed by atoms with E-state index in [1.807, 2.05) is 0 Å². The van der Waals surface area contributed by atoms with E-state index in [1.165, 1.54) is 4.90 Å². The SMILES string of the molecule is O=C(O)CC1CN(C(=O)NC2CCS(=O)(=O)C2)C1. The van der Waals surface area contributed by atoms with Crippen molar-refractivity contribution in [3.05, 3.63) is 0 Å². The highest BCUT2D eigenvalue weighted by molar-refractivity contribution is 7.91. The van der Waals surface area contributed by atoms with Gasteiger partial charge in [-0.25, -0.2) is 13.2 Å². The molecular weight excluding hydrogens is 260 g/mol. The fourth-order valence-electron chi connectivity index (χ4n) is 2.29. The molecular formula is C10H16N2O5S. The molecule has 2 saturated heterocycles. The van der Waals surface area contributed by atoms with Crippen LogP contribution in [-0.4, -0.2) is 61.1 Å². The Kier molecular flexibility index (Phi) is 3.47. The highest BCUT2D eigenvalue weighted by atomic mass is 32.2. The maximum atomic E-state index is 11.7. The minimum absolute atomic E-state index is 0.00509. The van der Waals surface area contributed by atoms with Crippen LogP contribution in [0.2, 0.25) is 0 Å². The van der Waals surface area contributed by atoms with E-state index in [0.29, 0.717) is 19.5 Å². The lowest BCUT2D eigenvalue weighted by Gasteiger charge is -2.38. The predicted molar refractivity (Wildman–Crippen MR) is 62.9 cm³/mol. The molecule has 0 spiro atoms. The quantitative estimate of drug-likeness (QED) is 0.708. The summed E-state index contributed by atoms with van der Waals surface area (Å²) in [5.41, 5.74) is 0. The van der Waals surface area contributed by atoms with Gasteiger partial charge in [0.15, 0.2) is 9.84 Å². The molecule has 18 heavy (non-hydrogen) atoms. The van der Waals surface area contributed by atoms with Crippen LogP contribution in [0.15, 0.2) is 0 Å². The van der Waals surface area contributed by atoms with E-state index < -0.39 is 15.8 Å². The number of carboxylic acids is 1. The van der Waals surface area contributed by atoms with E-state index in [9.17, 15) is 18.0 Å². The molecule has 2 rings (SSSR count). The molecule has 102 valence electrons. The summed E-state index contributed by atoms with van der Waals surface area (Å²) in [6.07, 6.45) is 0.530. The molecule has 8 heteroatoms. The number of carbonyl (C=O) groups is 2. The number of carboxylic acid groups (broad SMARTS) is 1. The summed E-state index contributed by atoms with van der Waals surface area (Å²) in [5.74, 6) is -0.715. The van der Waals surface area contributed by atoms with Gasteiger partial charge in [0, 0.05) is 25.0 Å². The summed E-state index contributed by atoms with van der Waals surface area (Å²) >= 11 is 0. The number of hydrogen-bond acceptors (Lipinski definition) is 4. The Morgan fingerprint density at radius 1 is 1.33 bits per heavy atom. The molecule has 2 amide bonds. The Morgan fingerprint density at radius 3 is 2.50 bits per heavy atom. The fourth-order valence-corrected chi connectivity index (χ4v) is 3.96. The van der Waals surface area contributed by atoms with Gasteiger partial charge in [0.2, 0.25) is 0 Å². The standard InChI is InChI=1S/C10H16N2O5S/c13-9(14)3-7-4-12(5-7)10(15)11-8-1-2-18(16,17)6-8/h7-8H,1-6H2,(H,11,15)(H,13,14). The first-order chi connectivity index (χ1) is 8.35. The van der Waals surface area contributed by atoms with Gasteiger partial charge < -0.3 is 15.3 Å². The molecule has 2 N–H and O–H groups in total. The molecule has 0 saturated carbocycles. The number of rotatable bonds is 3. The van der Waals surface area contributed by atoms with Gasteiger partial charge in [-0.1, -0.05) is 0 Å². The van der Waals surface area contributed by atoms with Crippen LogP contribution in [0.4, 0.5) is 4.79 Å². The lowest BCUT2D eigenvalue weighted by molar-refractivity contribution is -0.139. The number of likely N-dealkylation sites (tertiary alicyclic amines) is 1. The molecule has 2 aliphatic rings. The summed E-state index contributed by atoms with van der Waals surface area (Å²) in [7, 11) is -2.99. The van der Waals surface area contributed by atoms with Crippen molar-refractivity contribution in [1.82, 2.24) is 10.2 Å². The van der Waals surface area contributed by atoms with E-state index in [1.54, 1.807) is 0 Å². The third-order valence-electron chi connectivity index (χ3n) is 3.27. The Bertz CT molecular complexity index is 455. The highest BCUT2D eigenvalue weighted by Gasteiger charge is 2.35. The Hall–Kier alpha value is -1.31. The first kappa shape index (κ1) is 13.1. The first-order valence-corrected chi connectivity index (χ1v) is 7.65. The maximum absolute atomic E-state index is 11.7. The van der Waals surface area contributed by atoms with Gasteiger partial charge in [-0.05, 0) is 6.42 Å². The predicted octanol–water partition coefficient (Wildman–Crippen LogP) is -0.710. The smallest absolute Gasteiger partial charge is 0.317 e. The molecule has 7 nitrogen and oxygen atoms in total. The number of hydrogen-bond donors (Lipinski definition) is 2. The summed E-state index contributed by atoms with van der Waals surface area (Å²) in [4.78, 5) is 23.7. The van der Waals surface area contributed by atoms with Gasteiger partial charge >= 0.3 is 12.0 Å². The number of nitrogens with zero attached hydrogens (tertiary/aromatic N) is 1. The van der Waals surface area contributed by atoms with E-state index >= 15 is 0 Å². The second-order valence-electron chi connectivity index (χ2n) is 4.92. The average Bonchev–Trinajstić information content (AvgIpc) is 2.50. The molecule has 1 unspecified atom stereocenters. The van der Waals surface area contributed by atoms with E-state index in [-0.39, 0.29) is 35.9 Å². The van der Waals surface area contributed by atoms with Crippen molar-refractivity contribution >= 4 is 21.8 Å². The first-order valence-electron chi connectivity index (χ1n) is 5.83. The molecule has 0 aromatic heterocycles. The molecule has 0 aromatic carbocycles. The van der Waals surface area contributed by atoms with Crippen molar-refractivity contribution in [1.29, 1.82) is 0 Å². The zero-order valence-corrected chi connectivity index (χ0v) is 10.6. The van der Waals surface area contributed by atoms with Crippen molar-refractivity contribution < 1.29 is 23.1 Å². The highest BCUT2D eigenvalue weighted by Crippen LogP contribution is 2.19. The number of carbonyl (C=O) groups excluding carboxylic acids is 1. The molecule has 1 atom stereocenters. The largest absolute Gasteiger partial charge is 0.481 e. The van der Waals surface area contributed by atoms with Crippen LogP contribution in [0.1, 0.15) is 12.8 Å². The lowest BCUT2D eigenvalue weighted by Crippen LogP contribution is -2.56. The minimum Gasteiger partial charge on any atom is -0.481 e. The Labute approximate surface area is 105 Å². The van der Waals surface area contributed by atoms with Gasteiger partial charge in [-0.3, -0.25) is 4.79 Å². The molecule has 2 fully saturated rings.